The summed E-state index contributed by atoms with van der Waals surface area (Å²) >= 11 is 0. The van der Waals surface area contributed by atoms with Crippen LogP contribution < -0.4 is 5.32 Å². The maximum absolute atomic E-state index is 11.4. The van der Waals surface area contributed by atoms with Crippen LogP contribution in [-0.4, -0.2) is 30.1 Å². The third kappa shape index (κ3) is 5.34. The number of rotatable bonds is 6. The van der Waals surface area contributed by atoms with Crippen LogP contribution in [0.25, 0.3) is 0 Å². The monoisotopic (exact) mass is 251 g/mol. The highest BCUT2D eigenvalue weighted by Crippen LogP contribution is 2.10. The Morgan fingerprint density at radius 3 is 2.56 bits per heavy atom. The zero-order valence-corrected chi connectivity index (χ0v) is 10.3. The molecule has 0 aliphatic rings. The maximum Gasteiger partial charge on any atom is 0.325 e. The molecule has 0 radical (unpaired) electrons. The summed E-state index contributed by atoms with van der Waals surface area (Å²) < 4.78 is 4.69. The highest BCUT2D eigenvalue weighted by atomic mass is 16.5. The number of hydrogen-bond acceptors (Lipinski definition) is 4. The van der Waals surface area contributed by atoms with E-state index >= 15 is 0 Å². The molecular weight excluding hydrogens is 234 g/mol. The molecule has 0 fully saturated rings. The van der Waals surface area contributed by atoms with Gasteiger partial charge in [-0.05, 0) is 31.0 Å². The van der Waals surface area contributed by atoms with Crippen LogP contribution in [0.15, 0.2) is 24.3 Å². The zero-order valence-electron chi connectivity index (χ0n) is 10.3. The Morgan fingerprint density at radius 2 is 1.94 bits per heavy atom. The molecule has 1 rings (SSSR count). The first-order valence-corrected chi connectivity index (χ1v) is 5.82. The summed E-state index contributed by atoms with van der Waals surface area (Å²) in [6.45, 7) is 1.93. The molecule has 0 aliphatic carbocycles. The van der Waals surface area contributed by atoms with E-state index in [2.05, 4.69) is 10.1 Å². The highest BCUT2D eigenvalue weighted by Gasteiger charge is 2.06. The largest absolute Gasteiger partial charge is 0.508 e. The SMILES string of the molecule is CCOC(=O)CNC(=O)CCc1ccc(O)cc1. The predicted molar refractivity (Wildman–Crippen MR) is 66.1 cm³/mol. The molecule has 5 nitrogen and oxygen atoms in total. The molecule has 98 valence electrons. The lowest BCUT2D eigenvalue weighted by molar-refractivity contribution is -0.143. The minimum atomic E-state index is -0.435. The lowest BCUT2D eigenvalue weighted by Crippen LogP contribution is -2.30. The second-order valence-corrected chi connectivity index (χ2v) is 3.75. The van der Waals surface area contributed by atoms with Gasteiger partial charge in [0.2, 0.25) is 5.91 Å². The Hall–Kier alpha value is -2.04. The van der Waals surface area contributed by atoms with Crippen molar-refractivity contribution in [2.45, 2.75) is 19.8 Å². The van der Waals surface area contributed by atoms with E-state index in [1.165, 1.54) is 0 Å². The molecule has 2 N–H and O–H groups in total. The molecule has 18 heavy (non-hydrogen) atoms. The highest BCUT2D eigenvalue weighted by molar-refractivity contribution is 5.81. The van der Waals surface area contributed by atoms with Crippen LogP contribution in [0, 0.1) is 0 Å². The van der Waals surface area contributed by atoms with Crippen molar-refractivity contribution in [3.63, 3.8) is 0 Å². The Morgan fingerprint density at radius 1 is 1.28 bits per heavy atom. The third-order valence-corrected chi connectivity index (χ3v) is 2.31. The van der Waals surface area contributed by atoms with Gasteiger partial charge in [-0.2, -0.15) is 0 Å². The number of carbonyl (C=O) groups excluding carboxylic acids is 2. The van der Waals surface area contributed by atoms with E-state index in [0.717, 1.165) is 5.56 Å². The summed E-state index contributed by atoms with van der Waals surface area (Å²) in [6, 6.07) is 6.67. The van der Waals surface area contributed by atoms with Gasteiger partial charge >= 0.3 is 5.97 Å². The van der Waals surface area contributed by atoms with E-state index in [4.69, 9.17) is 5.11 Å². The standard InChI is InChI=1S/C13H17NO4/c1-2-18-13(17)9-14-12(16)8-5-10-3-6-11(15)7-4-10/h3-4,6-7,15H,2,5,8-9H2,1H3,(H,14,16). The second-order valence-electron chi connectivity index (χ2n) is 3.75. The number of phenolic OH excluding ortho intramolecular Hbond substituents is 1. The van der Waals surface area contributed by atoms with Crippen LogP contribution in [0.5, 0.6) is 5.75 Å². The molecule has 0 aromatic heterocycles. The molecule has 1 aromatic rings. The molecule has 5 heteroatoms. The molecule has 1 aromatic carbocycles. The van der Waals surface area contributed by atoms with Crippen molar-refractivity contribution < 1.29 is 19.4 Å². The van der Waals surface area contributed by atoms with Gasteiger partial charge in [-0.15, -0.1) is 0 Å². The van der Waals surface area contributed by atoms with Gasteiger partial charge in [0.25, 0.3) is 0 Å². The van der Waals surface area contributed by atoms with Gasteiger partial charge in [-0.3, -0.25) is 9.59 Å². The molecule has 0 unspecified atom stereocenters. The van der Waals surface area contributed by atoms with E-state index in [9.17, 15) is 9.59 Å². The van der Waals surface area contributed by atoms with Crippen LogP contribution in [0.3, 0.4) is 0 Å². The average Bonchev–Trinajstić information content (AvgIpc) is 2.36. The van der Waals surface area contributed by atoms with Crippen molar-refractivity contribution in [3.8, 4) is 5.75 Å². The first kappa shape index (κ1) is 14.0. The summed E-state index contributed by atoms with van der Waals surface area (Å²) in [5.41, 5.74) is 0.957. The Labute approximate surface area is 106 Å². The van der Waals surface area contributed by atoms with E-state index in [1.807, 2.05) is 0 Å². The van der Waals surface area contributed by atoms with Crippen molar-refractivity contribution in [3.05, 3.63) is 29.8 Å². The number of hydrogen-bond donors (Lipinski definition) is 2. The maximum atomic E-state index is 11.4. The number of aryl methyl sites for hydroxylation is 1. The van der Waals surface area contributed by atoms with E-state index < -0.39 is 5.97 Å². The van der Waals surface area contributed by atoms with E-state index in [0.29, 0.717) is 19.4 Å². The van der Waals surface area contributed by atoms with Crippen LogP contribution in [0.1, 0.15) is 18.9 Å². The molecule has 0 spiro atoms. The molecular formula is C13H17NO4. The van der Waals surface area contributed by atoms with Crippen LogP contribution in [-0.2, 0) is 20.7 Å². The van der Waals surface area contributed by atoms with E-state index in [1.54, 1.807) is 31.2 Å². The lowest BCUT2D eigenvalue weighted by atomic mass is 10.1. The number of phenols is 1. The summed E-state index contributed by atoms with van der Waals surface area (Å²) in [6.07, 6.45) is 0.860. The van der Waals surface area contributed by atoms with Gasteiger partial charge < -0.3 is 15.2 Å². The molecule has 0 heterocycles. The van der Waals surface area contributed by atoms with Crippen LogP contribution in [0.2, 0.25) is 0 Å². The van der Waals surface area contributed by atoms with E-state index in [-0.39, 0.29) is 18.2 Å². The molecule has 0 aliphatic heterocycles. The summed E-state index contributed by atoms with van der Waals surface area (Å²) in [5, 5.41) is 11.6. The number of benzene rings is 1. The third-order valence-electron chi connectivity index (χ3n) is 2.31. The summed E-state index contributed by atoms with van der Waals surface area (Å²) in [5.74, 6) is -0.433. The minimum Gasteiger partial charge on any atom is -0.508 e. The van der Waals surface area contributed by atoms with Crippen LogP contribution >= 0.6 is 0 Å². The second kappa shape index (κ2) is 7.32. The van der Waals surface area contributed by atoms with Crippen molar-refractivity contribution in [2.75, 3.05) is 13.2 Å². The van der Waals surface area contributed by atoms with Crippen molar-refractivity contribution in [1.82, 2.24) is 5.32 Å². The topological polar surface area (TPSA) is 75.6 Å². The Kier molecular flexibility index (Phi) is 5.70. The molecule has 0 saturated carbocycles. The molecule has 0 atom stereocenters. The normalized spacial score (nSPS) is 9.83. The summed E-state index contributed by atoms with van der Waals surface area (Å²) in [7, 11) is 0. The molecule has 1 amide bonds. The number of amides is 1. The van der Waals surface area contributed by atoms with Gasteiger partial charge in [-0.1, -0.05) is 12.1 Å². The van der Waals surface area contributed by atoms with Crippen molar-refractivity contribution in [2.24, 2.45) is 0 Å². The minimum absolute atomic E-state index is 0.0950. The fourth-order valence-electron chi connectivity index (χ4n) is 1.39. The lowest BCUT2D eigenvalue weighted by Gasteiger charge is -2.05. The first-order chi connectivity index (χ1) is 8.61. The number of nitrogens with one attached hydrogen (secondary N) is 1. The quantitative estimate of drug-likeness (QED) is 0.740. The van der Waals surface area contributed by atoms with Gasteiger partial charge in [-0.25, -0.2) is 0 Å². The van der Waals surface area contributed by atoms with Crippen molar-refractivity contribution >= 4 is 11.9 Å². The average molecular weight is 251 g/mol. The zero-order chi connectivity index (χ0) is 13.4. The van der Waals surface area contributed by atoms with Gasteiger partial charge in [0.1, 0.15) is 12.3 Å². The van der Waals surface area contributed by atoms with Gasteiger partial charge in [0, 0.05) is 6.42 Å². The number of esters is 1. The first-order valence-electron chi connectivity index (χ1n) is 5.82. The number of carbonyl (C=O) groups is 2. The van der Waals surface area contributed by atoms with Crippen LogP contribution in [0.4, 0.5) is 0 Å². The summed E-state index contributed by atoms with van der Waals surface area (Å²) in [4.78, 5) is 22.4. The van der Waals surface area contributed by atoms with Crippen molar-refractivity contribution in [1.29, 1.82) is 0 Å². The Bertz CT molecular complexity index is 400. The smallest absolute Gasteiger partial charge is 0.325 e. The fraction of sp³-hybridized carbons (Fsp3) is 0.385. The Balaban J connectivity index is 2.24. The molecule has 0 saturated heterocycles. The number of aromatic hydroxyl groups is 1. The van der Waals surface area contributed by atoms with Gasteiger partial charge in [0.05, 0.1) is 6.61 Å². The number of ether oxygens (including phenoxy) is 1. The molecule has 0 bridgehead atoms. The van der Waals surface area contributed by atoms with Gasteiger partial charge in [0.15, 0.2) is 0 Å². The predicted octanol–water partition coefficient (Wildman–Crippen LogP) is 1.00. The fourth-order valence-corrected chi connectivity index (χ4v) is 1.39.